The highest BCUT2D eigenvalue weighted by molar-refractivity contribution is 6.32. The maximum absolute atomic E-state index is 12.7. The van der Waals surface area contributed by atoms with Crippen molar-refractivity contribution >= 4 is 17.5 Å². The molecular weight excluding hydrogens is 412 g/mol. The highest BCUT2D eigenvalue weighted by atomic mass is 35.5. The van der Waals surface area contributed by atoms with E-state index in [9.17, 15) is 4.79 Å². The number of rotatable bonds is 7. The summed E-state index contributed by atoms with van der Waals surface area (Å²) in [4.78, 5) is 12.7. The van der Waals surface area contributed by atoms with E-state index in [2.05, 4.69) is 16.5 Å². The summed E-state index contributed by atoms with van der Waals surface area (Å²) < 4.78 is 9.32. The Bertz CT molecular complexity index is 1180. The first kappa shape index (κ1) is 20.8. The smallest absolute Gasteiger partial charge is 0.272 e. The van der Waals surface area contributed by atoms with E-state index in [1.807, 2.05) is 73.3 Å². The number of amides is 1. The molecule has 1 N–H and O–H groups in total. The molecule has 31 heavy (non-hydrogen) atoms. The molecule has 2 aromatic carbocycles. The lowest BCUT2D eigenvalue weighted by atomic mass is 10.1. The van der Waals surface area contributed by atoms with Crippen LogP contribution >= 0.6 is 11.6 Å². The molecule has 0 aliphatic rings. The molecule has 158 valence electrons. The van der Waals surface area contributed by atoms with Gasteiger partial charge in [0.1, 0.15) is 11.4 Å². The lowest BCUT2D eigenvalue weighted by molar-refractivity contribution is 0.0932. The summed E-state index contributed by atoms with van der Waals surface area (Å²) in [5, 5.41) is 7.85. The van der Waals surface area contributed by atoms with E-state index in [0.717, 1.165) is 16.8 Å². The number of aryl methyl sites for hydroxylation is 1. The zero-order valence-corrected chi connectivity index (χ0v) is 18.1. The number of carbonyl (C=O) groups is 1. The van der Waals surface area contributed by atoms with Crippen LogP contribution in [-0.4, -0.2) is 20.3 Å². The van der Waals surface area contributed by atoms with Gasteiger partial charge in [-0.25, -0.2) is 4.68 Å². The van der Waals surface area contributed by atoms with Gasteiger partial charge in [0, 0.05) is 24.3 Å². The number of benzene rings is 2. The minimum absolute atomic E-state index is 0.158. The van der Waals surface area contributed by atoms with Crippen LogP contribution in [0.3, 0.4) is 0 Å². The van der Waals surface area contributed by atoms with Crippen LogP contribution < -0.4 is 10.1 Å². The van der Waals surface area contributed by atoms with E-state index in [4.69, 9.17) is 16.3 Å². The van der Waals surface area contributed by atoms with Gasteiger partial charge in [0.15, 0.2) is 6.73 Å². The first-order chi connectivity index (χ1) is 15.0. The van der Waals surface area contributed by atoms with Gasteiger partial charge in [-0.3, -0.25) is 4.79 Å². The van der Waals surface area contributed by atoms with Crippen molar-refractivity contribution < 1.29 is 9.53 Å². The fourth-order valence-corrected chi connectivity index (χ4v) is 3.40. The molecule has 0 aliphatic heterocycles. The number of ether oxygens (including phenoxy) is 1. The predicted molar refractivity (Wildman–Crippen MR) is 121 cm³/mol. The molecule has 0 radical (unpaired) electrons. The van der Waals surface area contributed by atoms with Gasteiger partial charge in [0.2, 0.25) is 0 Å². The molecule has 2 heterocycles. The minimum atomic E-state index is -0.244. The monoisotopic (exact) mass is 434 g/mol. The second kappa shape index (κ2) is 9.10. The van der Waals surface area contributed by atoms with Crippen LogP contribution in [0.5, 0.6) is 5.75 Å². The summed E-state index contributed by atoms with van der Waals surface area (Å²) in [6.45, 7) is 4.08. The second-order valence-corrected chi connectivity index (χ2v) is 7.74. The van der Waals surface area contributed by atoms with Crippen LogP contribution in [0.1, 0.15) is 34.6 Å². The number of nitrogens with one attached hydrogen (secondary N) is 1. The van der Waals surface area contributed by atoms with E-state index < -0.39 is 0 Å². The van der Waals surface area contributed by atoms with Crippen molar-refractivity contribution in [2.45, 2.75) is 26.6 Å². The SMILES string of the molecule is Cc1ccc(Cl)c(OCn2ccc(C(=O)NC(C)c3cccc(-n4cccc4)c3)n2)c1. The highest BCUT2D eigenvalue weighted by Crippen LogP contribution is 2.25. The van der Waals surface area contributed by atoms with Gasteiger partial charge >= 0.3 is 0 Å². The molecule has 2 aromatic heterocycles. The number of nitrogens with zero attached hydrogens (tertiary/aromatic N) is 3. The fraction of sp³-hybridized carbons (Fsp3) is 0.167. The van der Waals surface area contributed by atoms with Crippen LogP contribution in [-0.2, 0) is 6.73 Å². The molecule has 4 rings (SSSR count). The fourth-order valence-electron chi connectivity index (χ4n) is 3.23. The maximum Gasteiger partial charge on any atom is 0.272 e. The van der Waals surface area contributed by atoms with E-state index in [1.165, 1.54) is 0 Å². The number of halogens is 1. The molecule has 0 bridgehead atoms. The molecule has 0 saturated carbocycles. The first-order valence-corrected chi connectivity index (χ1v) is 10.3. The molecule has 4 aromatic rings. The van der Waals surface area contributed by atoms with Gasteiger partial charge in [-0.05, 0) is 67.4 Å². The van der Waals surface area contributed by atoms with Crippen LogP contribution in [0.25, 0.3) is 5.69 Å². The lowest BCUT2D eigenvalue weighted by Crippen LogP contribution is -2.27. The van der Waals surface area contributed by atoms with Crippen molar-refractivity contribution in [3.8, 4) is 11.4 Å². The largest absolute Gasteiger partial charge is 0.470 e. The molecule has 0 spiro atoms. The third kappa shape index (κ3) is 4.98. The van der Waals surface area contributed by atoms with E-state index in [0.29, 0.717) is 16.5 Å². The van der Waals surface area contributed by atoms with Crippen molar-refractivity contribution in [2.24, 2.45) is 0 Å². The molecule has 0 aliphatic carbocycles. The second-order valence-electron chi connectivity index (χ2n) is 7.33. The summed E-state index contributed by atoms with van der Waals surface area (Å²) in [7, 11) is 0. The van der Waals surface area contributed by atoms with Crippen LogP contribution in [0.15, 0.2) is 79.3 Å². The Morgan fingerprint density at radius 2 is 1.90 bits per heavy atom. The normalized spacial score (nSPS) is 11.8. The highest BCUT2D eigenvalue weighted by Gasteiger charge is 2.15. The van der Waals surface area contributed by atoms with E-state index in [-0.39, 0.29) is 18.7 Å². The van der Waals surface area contributed by atoms with Crippen molar-refractivity contribution in [3.05, 3.63) is 101 Å². The molecular formula is C24H23ClN4O2. The predicted octanol–water partition coefficient (Wildman–Crippen LogP) is 5.16. The van der Waals surface area contributed by atoms with Crippen molar-refractivity contribution in [1.82, 2.24) is 19.7 Å². The molecule has 6 nitrogen and oxygen atoms in total. The Balaban J connectivity index is 1.39. The molecule has 1 atom stereocenters. The van der Waals surface area contributed by atoms with Crippen molar-refractivity contribution in [3.63, 3.8) is 0 Å². The van der Waals surface area contributed by atoms with E-state index >= 15 is 0 Å². The summed E-state index contributed by atoms with van der Waals surface area (Å²) >= 11 is 6.16. The van der Waals surface area contributed by atoms with Crippen molar-refractivity contribution in [1.29, 1.82) is 0 Å². The average Bonchev–Trinajstić information content (AvgIpc) is 3.47. The Labute approximate surface area is 186 Å². The van der Waals surface area contributed by atoms with Gasteiger partial charge in [0.05, 0.1) is 11.1 Å². The van der Waals surface area contributed by atoms with E-state index in [1.54, 1.807) is 23.0 Å². The standard InChI is InChI=1S/C24H23ClN4O2/c1-17-8-9-21(25)23(14-17)31-16-29-13-10-22(27-29)24(30)26-18(2)19-6-5-7-20(15-19)28-11-3-4-12-28/h3-15,18H,16H2,1-2H3,(H,26,30). The Morgan fingerprint density at radius 3 is 2.71 bits per heavy atom. The van der Waals surface area contributed by atoms with Gasteiger partial charge in [-0.1, -0.05) is 29.8 Å². The molecule has 7 heteroatoms. The van der Waals surface area contributed by atoms with Gasteiger partial charge in [0.25, 0.3) is 5.91 Å². The zero-order valence-electron chi connectivity index (χ0n) is 17.3. The Hall–Kier alpha value is -3.51. The zero-order chi connectivity index (χ0) is 21.8. The number of hydrogen-bond acceptors (Lipinski definition) is 3. The van der Waals surface area contributed by atoms with Crippen LogP contribution in [0.2, 0.25) is 5.02 Å². The molecule has 1 amide bonds. The Kier molecular flexibility index (Phi) is 6.09. The quantitative estimate of drug-likeness (QED) is 0.437. The first-order valence-electron chi connectivity index (χ1n) is 9.96. The molecule has 0 fully saturated rings. The van der Waals surface area contributed by atoms with Gasteiger partial charge < -0.3 is 14.6 Å². The molecule has 1 unspecified atom stereocenters. The maximum atomic E-state index is 12.7. The summed E-state index contributed by atoms with van der Waals surface area (Å²) in [5.41, 5.74) is 3.43. The third-order valence-electron chi connectivity index (χ3n) is 4.93. The van der Waals surface area contributed by atoms with Gasteiger partial charge in [-0.2, -0.15) is 5.10 Å². The number of carbonyl (C=O) groups excluding carboxylic acids is 1. The van der Waals surface area contributed by atoms with Gasteiger partial charge in [-0.15, -0.1) is 0 Å². The lowest BCUT2D eigenvalue weighted by Gasteiger charge is -2.15. The van der Waals surface area contributed by atoms with Crippen LogP contribution in [0, 0.1) is 6.92 Å². The number of hydrogen-bond donors (Lipinski definition) is 1. The molecule has 0 saturated heterocycles. The third-order valence-corrected chi connectivity index (χ3v) is 5.24. The van der Waals surface area contributed by atoms with Crippen LogP contribution in [0.4, 0.5) is 0 Å². The Morgan fingerprint density at radius 1 is 1.10 bits per heavy atom. The minimum Gasteiger partial charge on any atom is -0.470 e. The summed E-state index contributed by atoms with van der Waals surface area (Å²) in [6, 6.07) is 19.1. The summed E-state index contributed by atoms with van der Waals surface area (Å²) in [5.74, 6) is 0.338. The van der Waals surface area contributed by atoms with Crippen molar-refractivity contribution in [2.75, 3.05) is 0 Å². The number of aromatic nitrogens is 3. The topological polar surface area (TPSA) is 61.1 Å². The summed E-state index contributed by atoms with van der Waals surface area (Å²) in [6.07, 6.45) is 5.68. The average molecular weight is 435 g/mol.